The van der Waals surface area contributed by atoms with Crippen LogP contribution < -0.4 is 15.4 Å². The summed E-state index contributed by atoms with van der Waals surface area (Å²) in [4.78, 5) is 9.25. The number of benzene rings is 1. The number of hydrogen-bond acceptors (Lipinski definition) is 4. The van der Waals surface area contributed by atoms with E-state index in [1.807, 2.05) is 6.07 Å². The van der Waals surface area contributed by atoms with Gasteiger partial charge in [0.2, 0.25) is 0 Å². The molecule has 2 rings (SSSR count). The highest BCUT2D eigenvalue weighted by Gasteiger charge is 2.13. The molecular weight excluding hydrogens is 332 g/mol. The molecule has 1 heterocycles. The zero-order valence-corrected chi connectivity index (χ0v) is 16.5. The normalized spacial score (nSPS) is 12.8. The van der Waals surface area contributed by atoms with Gasteiger partial charge in [-0.15, -0.1) is 11.3 Å². The van der Waals surface area contributed by atoms with Crippen molar-refractivity contribution >= 4 is 17.3 Å². The summed E-state index contributed by atoms with van der Waals surface area (Å²) in [5.41, 5.74) is 3.34. The molecule has 0 spiro atoms. The van der Waals surface area contributed by atoms with Gasteiger partial charge >= 0.3 is 0 Å². The second-order valence-corrected chi connectivity index (χ2v) is 6.84. The van der Waals surface area contributed by atoms with E-state index < -0.39 is 0 Å². The second kappa shape index (κ2) is 9.42. The number of hydrogen-bond donors (Lipinski definition) is 2. The van der Waals surface area contributed by atoms with E-state index in [0.717, 1.165) is 40.9 Å². The lowest BCUT2D eigenvalue weighted by molar-refractivity contribution is 0.405. The third-order valence-electron chi connectivity index (χ3n) is 3.85. The van der Waals surface area contributed by atoms with Crippen LogP contribution in [0.2, 0.25) is 0 Å². The second-order valence-electron chi connectivity index (χ2n) is 5.89. The molecule has 0 aliphatic heterocycles. The summed E-state index contributed by atoms with van der Waals surface area (Å²) in [5.74, 6) is 1.66. The number of methoxy groups -OCH3 is 1. The number of nitrogens with one attached hydrogen (secondary N) is 2. The molecule has 0 fully saturated rings. The van der Waals surface area contributed by atoms with Gasteiger partial charge in [-0.05, 0) is 33.3 Å². The Balaban J connectivity index is 2.12. The molecule has 1 aromatic heterocycles. The number of aromatic nitrogens is 1. The Morgan fingerprint density at radius 3 is 2.80 bits per heavy atom. The largest absolute Gasteiger partial charge is 0.496 e. The first kappa shape index (κ1) is 19.2. The van der Waals surface area contributed by atoms with Crippen LogP contribution in [0, 0.1) is 6.92 Å². The molecule has 0 aliphatic rings. The molecule has 0 radical (unpaired) electrons. The van der Waals surface area contributed by atoms with Crippen molar-refractivity contribution < 1.29 is 4.74 Å². The van der Waals surface area contributed by atoms with Crippen molar-refractivity contribution in [2.45, 2.75) is 46.7 Å². The standard InChI is InChI=1S/C19H28N4OS/c1-6-18-23-15(12-25-18)11-21-19(20-7-2)22-14(4)16-10-13(3)8-9-17(16)24-5/h8-10,12,14H,6-7,11H2,1-5H3,(H2,20,21,22). The minimum absolute atomic E-state index is 0.0780. The minimum atomic E-state index is 0.0780. The van der Waals surface area contributed by atoms with Crippen molar-refractivity contribution in [2.75, 3.05) is 13.7 Å². The average molecular weight is 361 g/mol. The molecule has 0 saturated heterocycles. The smallest absolute Gasteiger partial charge is 0.192 e. The van der Waals surface area contributed by atoms with Crippen LogP contribution in [0.5, 0.6) is 5.75 Å². The van der Waals surface area contributed by atoms with Crippen LogP contribution in [0.4, 0.5) is 0 Å². The molecule has 136 valence electrons. The number of aryl methyl sites for hydroxylation is 2. The number of ether oxygens (including phenoxy) is 1. The van der Waals surface area contributed by atoms with E-state index in [9.17, 15) is 0 Å². The molecule has 6 heteroatoms. The van der Waals surface area contributed by atoms with Gasteiger partial charge in [-0.2, -0.15) is 0 Å². The number of nitrogens with zero attached hydrogens (tertiary/aromatic N) is 2. The number of thiazole rings is 1. The molecular formula is C19H28N4OS. The van der Waals surface area contributed by atoms with Crippen molar-refractivity contribution in [1.82, 2.24) is 15.6 Å². The van der Waals surface area contributed by atoms with Gasteiger partial charge in [0, 0.05) is 17.5 Å². The van der Waals surface area contributed by atoms with Gasteiger partial charge in [-0.25, -0.2) is 9.98 Å². The fraction of sp³-hybridized carbons (Fsp3) is 0.474. The highest BCUT2D eigenvalue weighted by atomic mass is 32.1. The van der Waals surface area contributed by atoms with Crippen LogP contribution in [0.1, 0.15) is 48.6 Å². The van der Waals surface area contributed by atoms with E-state index in [2.05, 4.69) is 65.8 Å². The summed E-state index contributed by atoms with van der Waals surface area (Å²) < 4.78 is 5.50. The average Bonchev–Trinajstić information content (AvgIpc) is 3.08. The Labute approximate surface area is 154 Å². The van der Waals surface area contributed by atoms with Crippen LogP contribution in [-0.4, -0.2) is 24.6 Å². The third kappa shape index (κ3) is 5.46. The maximum Gasteiger partial charge on any atom is 0.192 e. The molecule has 5 nitrogen and oxygen atoms in total. The van der Waals surface area contributed by atoms with Gasteiger partial charge in [0.15, 0.2) is 5.96 Å². The maximum absolute atomic E-state index is 5.50. The van der Waals surface area contributed by atoms with E-state index >= 15 is 0 Å². The van der Waals surface area contributed by atoms with Gasteiger partial charge in [-0.3, -0.25) is 0 Å². The number of aliphatic imine (C=N–C) groups is 1. The summed E-state index contributed by atoms with van der Waals surface area (Å²) in [6.07, 6.45) is 0.969. The monoisotopic (exact) mass is 360 g/mol. The van der Waals surface area contributed by atoms with Crippen molar-refractivity contribution in [1.29, 1.82) is 0 Å². The SMILES string of the molecule is CCNC(=NCc1csc(CC)n1)NC(C)c1cc(C)ccc1OC. The van der Waals surface area contributed by atoms with Crippen LogP contribution in [0.15, 0.2) is 28.6 Å². The van der Waals surface area contributed by atoms with Crippen LogP contribution in [0.25, 0.3) is 0 Å². The van der Waals surface area contributed by atoms with Crippen molar-refractivity contribution in [2.24, 2.45) is 4.99 Å². The first-order chi connectivity index (χ1) is 12.1. The maximum atomic E-state index is 5.50. The van der Waals surface area contributed by atoms with E-state index in [4.69, 9.17) is 4.74 Å². The van der Waals surface area contributed by atoms with E-state index in [0.29, 0.717) is 6.54 Å². The topological polar surface area (TPSA) is 58.5 Å². The van der Waals surface area contributed by atoms with E-state index in [1.165, 1.54) is 5.56 Å². The fourth-order valence-corrected chi connectivity index (χ4v) is 3.27. The Kier molecular flexibility index (Phi) is 7.25. The lowest BCUT2D eigenvalue weighted by Gasteiger charge is -2.20. The molecule has 0 aliphatic carbocycles. The molecule has 1 unspecified atom stereocenters. The Morgan fingerprint density at radius 1 is 1.36 bits per heavy atom. The van der Waals surface area contributed by atoms with Crippen LogP contribution in [0.3, 0.4) is 0 Å². The van der Waals surface area contributed by atoms with Gasteiger partial charge in [0.1, 0.15) is 5.75 Å². The van der Waals surface area contributed by atoms with Gasteiger partial charge in [0.25, 0.3) is 0 Å². The first-order valence-electron chi connectivity index (χ1n) is 8.70. The van der Waals surface area contributed by atoms with Gasteiger partial charge in [0.05, 0.1) is 30.4 Å². The lowest BCUT2D eigenvalue weighted by Crippen LogP contribution is -2.38. The highest BCUT2D eigenvalue weighted by molar-refractivity contribution is 7.09. The molecule has 0 saturated carbocycles. The lowest BCUT2D eigenvalue weighted by atomic mass is 10.0. The van der Waals surface area contributed by atoms with E-state index in [1.54, 1.807) is 18.4 Å². The molecule has 0 amide bonds. The van der Waals surface area contributed by atoms with Crippen LogP contribution in [-0.2, 0) is 13.0 Å². The molecule has 2 N–H and O–H groups in total. The summed E-state index contributed by atoms with van der Waals surface area (Å²) in [7, 11) is 1.70. The summed E-state index contributed by atoms with van der Waals surface area (Å²) in [6, 6.07) is 6.29. The zero-order chi connectivity index (χ0) is 18.2. The molecule has 0 bridgehead atoms. The van der Waals surface area contributed by atoms with E-state index in [-0.39, 0.29) is 6.04 Å². The van der Waals surface area contributed by atoms with Crippen molar-refractivity contribution in [3.63, 3.8) is 0 Å². The summed E-state index contributed by atoms with van der Waals surface area (Å²) in [5, 5.41) is 10.00. The molecule has 2 aromatic rings. The Hall–Kier alpha value is -2.08. The van der Waals surface area contributed by atoms with Crippen molar-refractivity contribution in [3.8, 4) is 5.75 Å². The Morgan fingerprint density at radius 2 is 2.16 bits per heavy atom. The fourth-order valence-electron chi connectivity index (χ4n) is 2.54. The summed E-state index contributed by atoms with van der Waals surface area (Å²) in [6.45, 7) is 9.76. The van der Waals surface area contributed by atoms with Gasteiger partial charge in [-0.1, -0.05) is 24.6 Å². The number of rotatable bonds is 7. The quantitative estimate of drug-likeness (QED) is 0.582. The zero-order valence-electron chi connectivity index (χ0n) is 15.7. The molecule has 25 heavy (non-hydrogen) atoms. The van der Waals surface area contributed by atoms with Crippen molar-refractivity contribution in [3.05, 3.63) is 45.4 Å². The third-order valence-corrected chi connectivity index (χ3v) is 4.89. The Bertz CT molecular complexity index is 711. The predicted octanol–water partition coefficient (Wildman–Crippen LogP) is 3.84. The molecule has 1 aromatic carbocycles. The highest BCUT2D eigenvalue weighted by Crippen LogP contribution is 2.26. The summed E-state index contributed by atoms with van der Waals surface area (Å²) >= 11 is 1.69. The van der Waals surface area contributed by atoms with Crippen LogP contribution >= 0.6 is 11.3 Å². The first-order valence-corrected chi connectivity index (χ1v) is 9.58. The van der Waals surface area contributed by atoms with Gasteiger partial charge < -0.3 is 15.4 Å². The molecule has 1 atom stereocenters. The minimum Gasteiger partial charge on any atom is -0.496 e. The predicted molar refractivity (Wildman–Crippen MR) is 106 cm³/mol. The number of guanidine groups is 1.